The zero-order valence-corrected chi connectivity index (χ0v) is 12.3. The molecular weight excluding hydrogens is 234 g/mol. The van der Waals surface area contributed by atoms with E-state index in [-0.39, 0.29) is 17.4 Å². The third kappa shape index (κ3) is 2.83. The van der Waals surface area contributed by atoms with E-state index < -0.39 is 0 Å². The molecule has 104 valence electrons. The third-order valence-corrected chi connectivity index (χ3v) is 4.72. The Morgan fingerprint density at radius 1 is 1.32 bits per heavy atom. The van der Waals surface area contributed by atoms with Crippen LogP contribution in [0.4, 0.5) is 0 Å². The van der Waals surface area contributed by atoms with Gasteiger partial charge in [-0.1, -0.05) is 57.5 Å². The minimum absolute atomic E-state index is 0.0911. The van der Waals surface area contributed by atoms with Crippen molar-refractivity contribution in [3.8, 4) is 0 Å². The summed E-state index contributed by atoms with van der Waals surface area (Å²) in [5.74, 6) is 0.873. The van der Waals surface area contributed by atoms with Crippen LogP contribution in [0.1, 0.15) is 58.1 Å². The van der Waals surface area contributed by atoms with Gasteiger partial charge in [0, 0.05) is 11.8 Å². The van der Waals surface area contributed by atoms with Crippen molar-refractivity contribution in [3.63, 3.8) is 0 Å². The van der Waals surface area contributed by atoms with Crippen LogP contribution in [0.5, 0.6) is 0 Å². The van der Waals surface area contributed by atoms with E-state index >= 15 is 0 Å². The van der Waals surface area contributed by atoms with Gasteiger partial charge in [0.05, 0.1) is 6.04 Å². The minimum Gasteiger partial charge on any atom is -0.349 e. The summed E-state index contributed by atoms with van der Waals surface area (Å²) in [5, 5.41) is 3.20. The summed E-state index contributed by atoms with van der Waals surface area (Å²) >= 11 is 0. The highest BCUT2D eigenvalue weighted by molar-refractivity contribution is 5.80. The van der Waals surface area contributed by atoms with Crippen LogP contribution in [-0.2, 0) is 4.79 Å². The molecule has 1 N–H and O–H groups in total. The molecule has 1 saturated heterocycles. The first-order chi connectivity index (χ1) is 9.11. The number of hydrogen-bond donors (Lipinski definition) is 1. The van der Waals surface area contributed by atoms with E-state index in [2.05, 4.69) is 50.4 Å². The predicted molar refractivity (Wildman–Crippen MR) is 78.7 cm³/mol. The van der Waals surface area contributed by atoms with Gasteiger partial charge in [-0.15, -0.1) is 0 Å². The van der Waals surface area contributed by atoms with Crippen molar-refractivity contribution in [2.75, 3.05) is 0 Å². The summed E-state index contributed by atoms with van der Waals surface area (Å²) in [7, 11) is 0. The smallest absolute Gasteiger partial charge is 0.221 e. The monoisotopic (exact) mass is 259 g/mol. The number of hydrogen-bond acceptors (Lipinski definition) is 1. The number of nitrogens with one attached hydrogen (secondary N) is 1. The molecule has 0 aliphatic carbocycles. The molecule has 1 amide bonds. The van der Waals surface area contributed by atoms with Crippen LogP contribution in [0, 0.1) is 11.3 Å². The van der Waals surface area contributed by atoms with Gasteiger partial charge >= 0.3 is 0 Å². The maximum Gasteiger partial charge on any atom is 0.221 e. The molecule has 2 nitrogen and oxygen atoms in total. The summed E-state index contributed by atoms with van der Waals surface area (Å²) in [6, 6.07) is 10.6. The third-order valence-electron chi connectivity index (χ3n) is 4.72. The van der Waals surface area contributed by atoms with Gasteiger partial charge in [0.25, 0.3) is 0 Å². The predicted octanol–water partition coefficient (Wildman–Crippen LogP) is 4.08. The topological polar surface area (TPSA) is 29.1 Å². The fourth-order valence-electron chi connectivity index (χ4n) is 3.37. The molecule has 0 spiro atoms. The fourth-order valence-corrected chi connectivity index (χ4v) is 3.37. The van der Waals surface area contributed by atoms with Crippen molar-refractivity contribution in [2.45, 2.75) is 52.5 Å². The quantitative estimate of drug-likeness (QED) is 0.848. The second kappa shape index (κ2) is 5.77. The van der Waals surface area contributed by atoms with Gasteiger partial charge in [0.1, 0.15) is 0 Å². The van der Waals surface area contributed by atoms with Gasteiger partial charge in [0.15, 0.2) is 0 Å². The average Bonchev–Trinajstić information content (AvgIpc) is 2.77. The van der Waals surface area contributed by atoms with Crippen LogP contribution < -0.4 is 5.32 Å². The Balaban J connectivity index is 2.31. The van der Waals surface area contributed by atoms with Crippen LogP contribution in [0.25, 0.3) is 0 Å². The molecule has 1 aromatic rings. The zero-order chi connectivity index (χ0) is 13.9. The number of benzene rings is 1. The van der Waals surface area contributed by atoms with E-state index in [9.17, 15) is 4.79 Å². The second-order valence-electron chi connectivity index (χ2n) is 6.02. The molecule has 1 aliphatic heterocycles. The first-order valence-electron chi connectivity index (χ1n) is 7.45. The molecule has 2 heteroatoms. The summed E-state index contributed by atoms with van der Waals surface area (Å²) < 4.78 is 0. The van der Waals surface area contributed by atoms with Crippen molar-refractivity contribution >= 4 is 5.91 Å². The lowest BCUT2D eigenvalue weighted by atomic mass is 9.69. The van der Waals surface area contributed by atoms with Gasteiger partial charge in [-0.25, -0.2) is 0 Å². The van der Waals surface area contributed by atoms with Crippen molar-refractivity contribution in [1.29, 1.82) is 0 Å². The highest BCUT2D eigenvalue weighted by Gasteiger charge is 2.46. The molecule has 1 aliphatic rings. The summed E-state index contributed by atoms with van der Waals surface area (Å²) in [4.78, 5) is 12.0. The van der Waals surface area contributed by atoms with E-state index in [1.54, 1.807) is 0 Å². The van der Waals surface area contributed by atoms with Gasteiger partial charge in [-0.2, -0.15) is 0 Å². The van der Waals surface area contributed by atoms with Gasteiger partial charge in [-0.3, -0.25) is 4.79 Å². The highest BCUT2D eigenvalue weighted by Crippen LogP contribution is 2.49. The van der Waals surface area contributed by atoms with Crippen molar-refractivity contribution in [3.05, 3.63) is 35.9 Å². The maximum absolute atomic E-state index is 12.0. The van der Waals surface area contributed by atoms with E-state index in [1.165, 1.54) is 12.0 Å². The summed E-state index contributed by atoms with van der Waals surface area (Å²) in [6.07, 6.45) is 4.03. The first kappa shape index (κ1) is 14.1. The van der Waals surface area contributed by atoms with E-state index in [1.807, 2.05) is 6.07 Å². The lowest BCUT2D eigenvalue weighted by Crippen LogP contribution is -2.30. The Morgan fingerprint density at radius 3 is 2.58 bits per heavy atom. The van der Waals surface area contributed by atoms with Crippen LogP contribution in [0.15, 0.2) is 30.3 Å². The molecule has 19 heavy (non-hydrogen) atoms. The summed E-state index contributed by atoms with van der Waals surface area (Å²) in [5.41, 5.74) is 1.34. The van der Waals surface area contributed by atoms with Crippen molar-refractivity contribution in [2.24, 2.45) is 11.3 Å². The Hall–Kier alpha value is -1.31. The molecule has 1 aromatic carbocycles. The van der Waals surface area contributed by atoms with E-state index in [4.69, 9.17) is 0 Å². The van der Waals surface area contributed by atoms with Gasteiger partial charge < -0.3 is 5.32 Å². The standard InChI is InChI=1S/C17H25NO/c1-4-13(3)11-17(5-2)12-15(19)18-16(17)14-9-7-6-8-10-14/h6-10,13,16H,4-5,11-12H2,1-3H3,(H,18,19). The Labute approximate surface area is 116 Å². The normalized spacial score (nSPS) is 28.2. The van der Waals surface area contributed by atoms with Crippen LogP contribution in [0.2, 0.25) is 0 Å². The molecule has 1 heterocycles. The number of rotatable bonds is 5. The molecule has 2 rings (SSSR count). The van der Waals surface area contributed by atoms with Crippen molar-refractivity contribution < 1.29 is 4.79 Å². The highest BCUT2D eigenvalue weighted by atomic mass is 16.2. The Bertz CT molecular complexity index is 428. The van der Waals surface area contributed by atoms with Gasteiger partial charge in [0.2, 0.25) is 5.91 Å². The number of carbonyl (C=O) groups excluding carboxylic acids is 1. The molecule has 0 radical (unpaired) electrons. The van der Waals surface area contributed by atoms with Crippen molar-refractivity contribution in [1.82, 2.24) is 5.32 Å². The van der Waals surface area contributed by atoms with E-state index in [0.717, 1.165) is 12.8 Å². The first-order valence-corrected chi connectivity index (χ1v) is 7.45. The number of carbonyl (C=O) groups is 1. The molecule has 0 bridgehead atoms. The average molecular weight is 259 g/mol. The van der Waals surface area contributed by atoms with Crippen LogP contribution >= 0.6 is 0 Å². The summed E-state index contributed by atoms with van der Waals surface area (Å²) in [6.45, 7) is 6.75. The Kier molecular flexibility index (Phi) is 4.28. The molecular formula is C17H25NO. The van der Waals surface area contributed by atoms with Crippen LogP contribution in [-0.4, -0.2) is 5.91 Å². The SMILES string of the molecule is CCC(C)CC1(CC)CC(=O)NC1c1ccccc1. The lowest BCUT2D eigenvalue weighted by molar-refractivity contribution is -0.119. The van der Waals surface area contributed by atoms with Crippen LogP contribution in [0.3, 0.4) is 0 Å². The Morgan fingerprint density at radius 2 is 2.00 bits per heavy atom. The minimum atomic E-state index is 0.0911. The lowest BCUT2D eigenvalue weighted by Gasteiger charge is -2.35. The molecule has 1 fully saturated rings. The fraction of sp³-hybridized carbons (Fsp3) is 0.588. The maximum atomic E-state index is 12.0. The second-order valence-corrected chi connectivity index (χ2v) is 6.02. The van der Waals surface area contributed by atoms with Gasteiger partial charge in [-0.05, 0) is 24.3 Å². The molecule has 0 saturated carbocycles. The zero-order valence-electron chi connectivity index (χ0n) is 12.3. The molecule has 3 unspecified atom stereocenters. The van der Waals surface area contributed by atoms with E-state index in [0.29, 0.717) is 12.3 Å². The molecule has 0 aromatic heterocycles. The largest absolute Gasteiger partial charge is 0.349 e. The number of amides is 1. The molecule has 3 atom stereocenters.